The van der Waals surface area contributed by atoms with Gasteiger partial charge in [0.25, 0.3) is 0 Å². The summed E-state index contributed by atoms with van der Waals surface area (Å²) in [6.07, 6.45) is -2.60. The number of hydrogen-bond donors (Lipinski definition) is 9. The molecular weight excluding hydrogens is 504 g/mol. The number of amides is 5. The van der Waals surface area contributed by atoms with Gasteiger partial charge in [0.1, 0.15) is 18.1 Å². The van der Waals surface area contributed by atoms with Crippen molar-refractivity contribution in [2.75, 3.05) is 6.54 Å². The standard InChI is InChI=1S/C22H40N8O8/c1-9(2)16(20(36)37)29-18(34)10(3)26-19(35)17(27-11(4)31)13(23)5-6-14(32)15(33)7-12-8-30(22(25)38)21(24)28-12/h9-10,12-17,32-33H,5-8,23H2,1-4H3,(H2,24,28)(H2,25,38)(H,26,35)(H,27,31)(H,29,34)(H,36,37)/t10-,12?,13?,14?,15?,16-,17?/m0/s1. The Labute approximate surface area is 220 Å². The molecule has 38 heavy (non-hydrogen) atoms. The molecule has 0 bridgehead atoms. The number of primary amides is 1. The molecular formula is C22H40N8O8. The number of aliphatic hydroxyl groups is 2. The molecule has 0 spiro atoms. The lowest BCUT2D eigenvalue weighted by molar-refractivity contribution is -0.143. The Hall–Kier alpha value is -3.50. The number of aliphatic hydroxyl groups excluding tert-OH is 2. The highest BCUT2D eigenvalue weighted by atomic mass is 16.4. The molecule has 7 atom stereocenters. The SMILES string of the molecule is CC(=O)NC(C(=O)N[C@@H](C)C(=O)N[C@H](C(=O)O)C(C)C)C(N)CCC(O)C(O)CC1CN(C(N)=O)C(N)=N1. The van der Waals surface area contributed by atoms with Crippen LogP contribution in [0.25, 0.3) is 0 Å². The van der Waals surface area contributed by atoms with Crippen LogP contribution in [0, 0.1) is 5.92 Å². The molecule has 1 aliphatic heterocycles. The lowest BCUT2D eigenvalue weighted by Crippen LogP contribution is -2.59. The maximum atomic E-state index is 12.8. The third-order valence-corrected chi connectivity index (χ3v) is 6.06. The van der Waals surface area contributed by atoms with Crippen LogP contribution >= 0.6 is 0 Å². The van der Waals surface area contributed by atoms with Crippen molar-refractivity contribution in [3.05, 3.63) is 0 Å². The molecule has 5 amide bonds. The van der Waals surface area contributed by atoms with E-state index in [0.29, 0.717) is 0 Å². The summed E-state index contributed by atoms with van der Waals surface area (Å²) in [7, 11) is 0. The summed E-state index contributed by atoms with van der Waals surface area (Å²) in [5.74, 6) is -3.80. The Bertz CT molecular complexity index is 914. The number of hydrogen-bond acceptors (Lipinski definition) is 10. The van der Waals surface area contributed by atoms with E-state index in [0.717, 1.165) is 4.90 Å². The summed E-state index contributed by atoms with van der Waals surface area (Å²) in [6, 6.07) is -5.94. The quantitative estimate of drug-likeness (QED) is 0.104. The first-order valence-electron chi connectivity index (χ1n) is 12.2. The summed E-state index contributed by atoms with van der Waals surface area (Å²) in [5, 5.41) is 37.1. The van der Waals surface area contributed by atoms with Crippen molar-refractivity contribution >= 4 is 35.7 Å². The van der Waals surface area contributed by atoms with E-state index < -0.39 is 78.1 Å². The summed E-state index contributed by atoms with van der Waals surface area (Å²) in [6.45, 7) is 5.81. The third kappa shape index (κ3) is 9.75. The largest absolute Gasteiger partial charge is 0.480 e. The number of nitrogens with zero attached hydrogens (tertiary/aromatic N) is 2. The fraction of sp³-hybridized carbons (Fsp3) is 0.727. The molecule has 5 unspecified atom stereocenters. The average molecular weight is 545 g/mol. The van der Waals surface area contributed by atoms with Gasteiger partial charge in [-0.25, -0.2) is 14.6 Å². The summed E-state index contributed by atoms with van der Waals surface area (Å²) in [5.41, 5.74) is 16.9. The van der Waals surface area contributed by atoms with Crippen LogP contribution in [0.1, 0.15) is 47.0 Å². The van der Waals surface area contributed by atoms with Crippen LogP contribution in [0.15, 0.2) is 4.99 Å². The normalized spacial score (nSPS) is 19.9. The van der Waals surface area contributed by atoms with Crippen LogP contribution < -0.4 is 33.2 Å². The van der Waals surface area contributed by atoms with Gasteiger partial charge in [0.2, 0.25) is 17.7 Å². The number of guanidine groups is 1. The maximum Gasteiger partial charge on any atom is 0.326 e. The van der Waals surface area contributed by atoms with Gasteiger partial charge < -0.3 is 48.5 Å². The predicted molar refractivity (Wildman–Crippen MR) is 135 cm³/mol. The highest BCUT2D eigenvalue weighted by molar-refractivity contribution is 5.96. The van der Waals surface area contributed by atoms with Gasteiger partial charge in [-0.15, -0.1) is 0 Å². The molecule has 0 aromatic rings. The van der Waals surface area contributed by atoms with Gasteiger partial charge in [0.05, 0.1) is 24.8 Å². The number of carbonyl (C=O) groups excluding carboxylic acids is 4. The summed E-state index contributed by atoms with van der Waals surface area (Å²) < 4.78 is 0. The van der Waals surface area contributed by atoms with Crippen molar-refractivity contribution in [3.63, 3.8) is 0 Å². The maximum absolute atomic E-state index is 12.8. The molecule has 12 N–H and O–H groups in total. The Kier molecular flexibility index (Phi) is 12.4. The fourth-order valence-electron chi connectivity index (χ4n) is 3.84. The van der Waals surface area contributed by atoms with Crippen LogP contribution in [0.4, 0.5) is 4.79 Å². The number of aliphatic carboxylic acids is 1. The second-order valence-corrected chi connectivity index (χ2v) is 9.68. The molecule has 1 aliphatic rings. The topological polar surface area (TPSA) is 276 Å². The number of carbonyl (C=O) groups is 5. The number of rotatable bonds is 14. The first-order valence-corrected chi connectivity index (χ1v) is 12.2. The highest BCUT2D eigenvalue weighted by Gasteiger charge is 2.33. The molecule has 0 fully saturated rings. The molecule has 1 heterocycles. The molecule has 0 saturated carbocycles. The predicted octanol–water partition coefficient (Wildman–Crippen LogP) is -3.48. The number of nitrogens with two attached hydrogens (primary N) is 3. The Balaban J connectivity index is 2.71. The van der Waals surface area contributed by atoms with Crippen LogP contribution in [0.2, 0.25) is 0 Å². The monoisotopic (exact) mass is 544 g/mol. The molecule has 0 aliphatic carbocycles. The van der Waals surface area contributed by atoms with Crippen LogP contribution in [0.5, 0.6) is 0 Å². The number of aliphatic imine (C=N–C) groups is 1. The zero-order valence-corrected chi connectivity index (χ0v) is 22.0. The van der Waals surface area contributed by atoms with Crippen molar-refractivity contribution in [2.45, 2.75) is 89.4 Å². The zero-order valence-electron chi connectivity index (χ0n) is 22.0. The summed E-state index contributed by atoms with van der Waals surface area (Å²) >= 11 is 0. The second-order valence-electron chi connectivity index (χ2n) is 9.68. The van der Waals surface area contributed by atoms with Gasteiger partial charge in [-0.05, 0) is 25.7 Å². The third-order valence-electron chi connectivity index (χ3n) is 6.06. The van der Waals surface area contributed by atoms with E-state index in [-0.39, 0.29) is 31.8 Å². The van der Waals surface area contributed by atoms with E-state index in [9.17, 15) is 39.3 Å². The van der Waals surface area contributed by atoms with Gasteiger partial charge in [-0.2, -0.15) is 0 Å². The van der Waals surface area contributed by atoms with Crippen molar-refractivity contribution < 1.29 is 39.3 Å². The minimum absolute atomic E-state index is 0.00487. The van der Waals surface area contributed by atoms with Crippen LogP contribution in [-0.2, 0) is 19.2 Å². The van der Waals surface area contributed by atoms with Crippen molar-refractivity contribution in [2.24, 2.45) is 28.1 Å². The van der Waals surface area contributed by atoms with Gasteiger partial charge in [0, 0.05) is 19.4 Å². The van der Waals surface area contributed by atoms with Crippen molar-refractivity contribution in [1.29, 1.82) is 0 Å². The molecule has 16 heteroatoms. The second kappa shape index (κ2) is 14.4. The lowest BCUT2D eigenvalue weighted by atomic mass is 9.96. The van der Waals surface area contributed by atoms with Gasteiger partial charge in [-0.1, -0.05) is 13.8 Å². The van der Waals surface area contributed by atoms with E-state index >= 15 is 0 Å². The first kappa shape index (κ1) is 32.5. The van der Waals surface area contributed by atoms with E-state index in [1.807, 2.05) is 0 Å². The van der Waals surface area contributed by atoms with E-state index in [2.05, 4.69) is 20.9 Å². The number of nitrogens with one attached hydrogen (secondary N) is 3. The molecule has 0 aromatic carbocycles. The Morgan fingerprint density at radius 1 is 1.00 bits per heavy atom. The van der Waals surface area contributed by atoms with Gasteiger partial charge in [0.15, 0.2) is 5.96 Å². The molecule has 0 saturated heterocycles. The van der Waals surface area contributed by atoms with E-state index in [1.165, 1.54) is 13.8 Å². The molecule has 0 radical (unpaired) electrons. The summed E-state index contributed by atoms with van der Waals surface area (Å²) in [4.78, 5) is 64.6. The lowest BCUT2D eigenvalue weighted by Gasteiger charge is -2.27. The average Bonchev–Trinajstić information content (AvgIpc) is 3.18. The van der Waals surface area contributed by atoms with Crippen molar-refractivity contribution in [1.82, 2.24) is 20.9 Å². The molecule has 16 nitrogen and oxygen atoms in total. The molecule has 216 valence electrons. The van der Waals surface area contributed by atoms with Crippen LogP contribution in [0.3, 0.4) is 0 Å². The van der Waals surface area contributed by atoms with Crippen LogP contribution in [-0.4, -0.2) is 105 Å². The van der Waals surface area contributed by atoms with Gasteiger partial charge in [-0.3, -0.25) is 19.3 Å². The zero-order chi connectivity index (χ0) is 29.3. The first-order chi connectivity index (χ1) is 17.5. The number of carboxylic acids is 1. The fourth-order valence-corrected chi connectivity index (χ4v) is 3.84. The molecule has 0 aromatic heterocycles. The number of urea groups is 1. The van der Waals surface area contributed by atoms with E-state index in [1.54, 1.807) is 13.8 Å². The van der Waals surface area contributed by atoms with Crippen molar-refractivity contribution in [3.8, 4) is 0 Å². The van der Waals surface area contributed by atoms with Gasteiger partial charge >= 0.3 is 12.0 Å². The number of carboxylic acid groups (broad SMARTS) is 1. The smallest absolute Gasteiger partial charge is 0.326 e. The Morgan fingerprint density at radius 3 is 2.08 bits per heavy atom. The van der Waals surface area contributed by atoms with E-state index in [4.69, 9.17) is 17.2 Å². The Morgan fingerprint density at radius 2 is 1.61 bits per heavy atom. The molecule has 1 rings (SSSR count). The minimum Gasteiger partial charge on any atom is -0.480 e. The minimum atomic E-state index is -1.28. The highest BCUT2D eigenvalue weighted by Crippen LogP contribution is 2.17.